The monoisotopic (exact) mass is 428 g/mol. The number of nitro groups is 1. The average molecular weight is 428 g/mol. The van der Waals surface area contributed by atoms with E-state index in [4.69, 9.17) is 14.2 Å². The summed E-state index contributed by atoms with van der Waals surface area (Å²) in [5.41, 5.74) is 1.10. The standard InChI is InChI=1S/C22H24N2O7/c1-5-29-21(26)18-11(2)23-13-8-22(3,4)9-15(25)20(13)19(18)12-6-16-17(31-10-30-16)7-14(12)24(27)28/h6-7,18-19H,5,8-10H2,1-4H3/t18?,19-/m1/s1. The third-order valence-corrected chi connectivity index (χ3v) is 5.90. The van der Waals surface area contributed by atoms with Crippen molar-refractivity contribution in [1.82, 2.24) is 0 Å². The predicted molar refractivity (Wildman–Crippen MR) is 110 cm³/mol. The molecule has 4 rings (SSSR count). The lowest BCUT2D eigenvalue weighted by Gasteiger charge is -2.38. The molecule has 0 saturated carbocycles. The summed E-state index contributed by atoms with van der Waals surface area (Å²) in [6.07, 6.45) is 0.806. The van der Waals surface area contributed by atoms with Crippen LogP contribution in [-0.2, 0) is 14.3 Å². The highest BCUT2D eigenvalue weighted by atomic mass is 16.7. The largest absolute Gasteiger partial charge is 0.465 e. The first-order chi connectivity index (χ1) is 14.6. The van der Waals surface area contributed by atoms with Gasteiger partial charge in [-0.2, -0.15) is 0 Å². The van der Waals surface area contributed by atoms with E-state index in [1.165, 1.54) is 12.1 Å². The second-order valence-electron chi connectivity index (χ2n) is 8.78. The first-order valence-corrected chi connectivity index (χ1v) is 10.2. The highest BCUT2D eigenvalue weighted by Crippen LogP contribution is 2.51. The molecule has 0 amide bonds. The summed E-state index contributed by atoms with van der Waals surface area (Å²) in [4.78, 5) is 42.3. The van der Waals surface area contributed by atoms with Crippen LogP contribution in [0.3, 0.4) is 0 Å². The Morgan fingerprint density at radius 3 is 2.61 bits per heavy atom. The normalized spacial score (nSPS) is 23.9. The number of nitrogens with zero attached hydrogens (tertiary/aromatic N) is 2. The summed E-state index contributed by atoms with van der Waals surface area (Å²) in [5, 5.41) is 12.0. The molecule has 2 aliphatic heterocycles. The molecule has 0 aromatic heterocycles. The van der Waals surface area contributed by atoms with Crippen molar-refractivity contribution in [2.45, 2.75) is 46.5 Å². The van der Waals surface area contributed by atoms with Gasteiger partial charge in [-0.25, -0.2) is 0 Å². The van der Waals surface area contributed by atoms with Gasteiger partial charge in [0, 0.05) is 34.9 Å². The van der Waals surface area contributed by atoms with E-state index in [1.54, 1.807) is 13.8 Å². The molecule has 1 unspecified atom stereocenters. The minimum atomic E-state index is -0.942. The van der Waals surface area contributed by atoms with Crippen LogP contribution < -0.4 is 9.47 Å². The molecule has 31 heavy (non-hydrogen) atoms. The first kappa shape index (κ1) is 21.0. The molecule has 1 aliphatic carbocycles. The van der Waals surface area contributed by atoms with Gasteiger partial charge >= 0.3 is 5.97 Å². The molecule has 0 saturated heterocycles. The number of esters is 1. The van der Waals surface area contributed by atoms with E-state index in [2.05, 4.69) is 4.99 Å². The fourth-order valence-corrected chi connectivity index (χ4v) is 4.67. The number of carbonyl (C=O) groups is 2. The third-order valence-electron chi connectivity index (χ3n) is 5.90. The Morgan fingerprint density at radius 2 is 1.97 bits per heavy atom. The number of carbonyl (C=O) groups excluding carboxylic acids is 2. The fraction of sp³-hybridized carbons (Fsp3) is 0.500. The minimum Gasteiger partial charge on any atom is -0.465 e. The first-order valence-electron chi connectivity index (χ1n) is 10.2. The molecule has 2 heterocycles. The van der Waals surface area contributed by atoms with Crippen molar-refractivity contribution in [2.75, 3.05) is 13.4 Å². The van der Waals surface area contributed by atoms with Gasteiger partial charge in [0.15, 0.2) is 17.3 Å². The quantitative estimate of drug-likeness (QED) is 0.408. The van der Waals surface area contributed by atoms with Crippen molar-refractivity contribution in [3.63, 3.8) is 0 Å². The van der Waals surface area contributed by atoms with E-state index < -0.39 is 22.7 Å². The van der Waals surface area contributed by atoms with E-state index in [9.17, 15) is 19.7 Å². The lowest BCUT2D eigenvalue weighted by molar-refractivity contribution is -0.385. The number of Topliss-reactive ketones (excluding diaryl/α,β-unsaturated/α-hetero) is 1. The zero-order chi connectivity index (χ0) is 22.5. The van der Waals surface area contributed by atoms with Crippen molar-refractivity contribution in [1.29, 1.82) is 0 Å². The molecule has 9 nitrogen and oxygen atoms in total. The van der Waals surface area contributed by atoms with Crippen LogP contribution in [-0.4, -0.2) is 35.8 Å². The molecule has 1 aromatic carbocycles. The highest BCUT2D eigenvalue weighted by Gasteiger charge is 2.48. The Morgan fingerprint density at radius 1 is 1.29 bits per heavy atom. The Kier molecular flexibility index (Phi) is 5.07. The average Bonchev–Trinajstić information content (AvgIpc) is 3.12. The summed E-state index contributed by atoms with van der Waals surface area (Å²) in [6, 6.07) is 2.80. The molecule has 0 spiro atoms. The number of hydrogen-bond donors (Lipinski definition) is 0. The maximum Gasteiger partial charge on any atom is 0.315 e. The number of rotatable bonds is 4. The van der Waals surface area contributed by atoms with Gasteiger partial charge in [0.2, 0.25) is 6.79 Å². The van der Waals surface area contributed by atoms with Gasteiger partial charge in [0.25, 0.3) is 5.69 Å². The second-order valence-corrected chi connectivity index (χ2v) is 8.78. The number of benzene rings is 1. The van der Waals surface area contributed by atoms with Gasteiger partial charge in [-0.15, -0.1) is 0 Å². The number of nitro benzene ring substituents is 1. The van der Waals surface area contributed by atoms with Crippen LogP contribution in [0.15, 0.2) is 28.4 Å². The molecule has 9 heteroatoms. The SMILES string of the molecule is CCOC(=O)C1C(C)=NC2=C(C(=O)CC(C)(C)C2)[C@@H]1c1cc2c(cc1[N+](=O)[O-])OCO2. The van der Waals surface area contributed by atoms with Gasteiger partial charge in [-0.3, -0.25) is 24.7 Å². The maximum atomic E-state index is 13.3. The van der Waals surface area contributed by atoms with Gasteiger partial charge in [0.05, 0.1) is 17.6 Å². The highest BCUT2D eigenvalue weighted by molar-refractivity contribution is 6.09. The molecule has 164 valence electrons. The van der Waals surface area contributed by atoms with E-state index in [0.717, 1.165) is 0 Å². The predicted octanol–water partition coefficient (Wildman–Crippen LogP) is 3.70. The summed E-state index contributed by atoms with van der Waals surface area (Å²) >= 11 is 0. The number of ketones is 1. The lowest BCUT2D eigenvalue weighted by Crippen LogP contribution is -2.39. The van der Waals surface area contributed by atoms with E-state index in [1.807, 2.05) is 13.8 Å². The zero-order valence-electron chi connectivity index (χ0n) is 17.9. The number of allylic oxidation sites excluding steroid dienone is 2. The van der Waals surface area contributed by atoms with E-state index in [0.29, 0.717) is 29.2 Å². The van der Waals surface area contributed by atoms with Gasteiger partial charge in [-0.05, 0) is 31.7 Å². The zero-order valence-corrected chi connectivity index (χ0v) is 17.9. The maximum absolute atomic E-state index is 13.3. The van der Waals surface area contributed by atoms with E-state index >= 15 is 0 Å². The van der Waals surface area contributed by atoms with Crippen LogP contribution >= 0.6 is 0 Å². The Balaban J connectivity index is 1.97. The summed E-state index contributed by atoms with van der Waals surface area (Å²) < 4.78 is 16.0. The molecule has 0 radical (unpaired) electrons. The van der Waals surface area contributed by atoms with Crippen LogP contribution in [0.2, 0.25) is 0 Å². The smallest absolute Gasteiger partial charge is 0.315 e. The molecule has 1 aromatic rings. The second kappa shape index (κ2) is 7.47. The Hall–Kier alpha value is -3.23. The van der Waals surface area contributed by atoms with Gasteiger partial charge < -0.3 is 14.2 Å². The molecule has 3 aliphatic rings. The van der Waals surface area contributed by atoms with Crippen LogP contribution in [0.4, 0.5) is 5.69 Å². The molecule has 2 atom stereocenters. The van der Waals surface area contributed by atoms with Crippen LogP contribution in [0, 0.1) is 21.4 Å². The number of fused-ring (bicyclic) bond motifs is 1. The van der Waals surface area contributed by atoms with Crippen molar-refractivity contribution >= 4 is 23.2 Å². The van der Waals surface area contributed by atoms with Crippen LogP contribution in [0.1, 0.15) is 52.0 Å². The number of hydrogen-bond acceptors (Lipinski definition) is 8. The van der Waals surface area contributed by atoms with Crippen LogP contribution in [0.5, 0.6) is 11.5 Å². The number of ether oxygens (including phenoxy) is 3. The fourth-order valence-electron chi connectivity index (χ4n) is 4.67. The molecule has 0 N–H and O–H groups in total. The van der Waals surface area contributed by atoms with Gasteiger partial charge in [0.1, 0.15) is 5.92 Å². The van der Waals surface area contributed by atoms with E-state index in [-0.39, 0.29) is 48.0 Å². The third kappa shape index (κ3) is 3.58. The van der Waals surface area contributed by atoms with Gasteiger partial charge in [-0.1, -0.05) is 13.8 Å². The summed E-state index contributed by atoms with van der Waals surface area (Å²) in [6.45, 7) is 7.44. The van der Waals surface area contributed by atoms with Crippen molar-refractivity contribution in [2.24, 2.45) is 16.3 Å². The van der Waals surface area contributed by atoms with Crippen molar-refractivity contribution in [3.8, 4) is 11.5 Å². The Bertz CT molecular complexity index is 1050. The molecular weight excluding hydrogens is 404 g/mol. The number of aliphatic imine (C=N–C) groups is 1. The molecule has 0 bridgehead atoms. The summed E-state index contributed by atoms with van der Waals surface area (Å²) in [5.74, 6) is -1.95. The topological polar surface area (TPSA) is 117 Å². The van der Waals surface area contributed by atoms with Crippen molar-refractivity contribution in [3.05, 3.63) is 39.1 Å². The Labute approximate surface area is 179 Å². The molecule has 0 fully saturated rings. The lowest BCUT2D eigenvalue weighted by atomic mass is 9.66. The molecular formula is C22H24N2O7. The minimum absolute atomic E-state index is 0.0521. The van der Waals surface area contributed by atoms with Crippen LogP contribution in [0.25, 0.3) is 0 Å². The van der Waals surface area contributed by atoms with Crippen molar-refractivity contribution < 1.29 is 28.7 Å². The summed E-state index contributed by atoms with van der Waals surface area (Å²) in [7, 11) is 0.